The summed E-state index contributed by atoms with van der Waals surface area (Å²) >= 11 is 0. The minimum Gasteiger partial charge on any atom is -0.285 e. The number of nitro groups is 2. The van der Waals surface area contributed by atoms with Crippen LogP contribution < -0.4 is 0 Å². The van der Waals surface area contributed by atoms with Crippen LogP contribution in [-0.2, 0) is 15.9 Å². The summed E-state index contributed by atoms with van der Waals surface area (Å²) in [5.74, 6) is -1.18. The van der Waals surface area contributed by atoms with Crippen molar-refractivity contribution in [2.45, 2.75) is 5.75 Å². The van der Waals surface area contributed by atoms with E-state index in [9.17, 15) is 28.6 Å². The highest BCUT2D eigenvalue weighted by Crippen LogP contribution is 2.29. The maximum Gasteiger partial charge on any atom is 0.280 e. The Morgan fingerprint density at radius 2 is 1.53 bits per heavy atom. The lowest BCUT2D eigenvalue weighted by Gasteiger charge is -2.01. The Hall–Kier alpha value is -2.07. The monoisotopic (exact) mass is 262 g/mol. The molecule has 1 aromatic carbocycles. The summed E-state index contributed by atoms with van der Waals surface area (Å²) in [6, 6.07) is 2.91. The molecule has 0 bridgehead atoms. The van der Waals surface area contributed by atoms with Gasteiger partial charge in [-0.2, -0.15) is 8.42 Å². The highest BCUT2D eigenvalue weighted by Gasteiger charge is 2.27. The predicted molar refractivity (Wildman–Crippen MR) is 55.0 cm³/mol. The molecule has 17 heavy (non-hydrogen) atoms. The van der Waals surface area contributed by atoms with E-state index in [-0.39, 0.29) is 0 Å². The zero-order chi connectivity index (χ0) is 13.2. The first-order chi connectivity index (χ1) is 7.72. The van der Waals surface area contributed by atoms with E-state index < -0.39 is 42.7 Å². The quantitative estimate of drug-likeness (QED) is 0.482. The molecule has 0 aliphatic carbocycles. The summed E-state index contributed by atoms with van der Waals surface area (Å²) in [6.07, 6.45) is 0. The third-order valence-electron chi connectivity index (χ3n) is 1.85. The van der Waals surface area contributed by atoms with Crippen LogP contribution in [0.4, 0.5) is 11.4 Å². The largest absolute Gasteiger partial charge is 0.285 e. The molecule has 0 amide bonds. The van der Waals surface area contributed by atoms with Crippen molar-refractivity contribution in [1.82, 2.24) is 0 Å². The van der Waals surface area contributed by atoms with Gasteiger partial charge in [-0.3, -0.25) is 24.8 Å². The van der Waals surface area contributed by atoms with Gasteiger partial charge < -0.3 is 0 Å². The number of rotatable bonds is 4. The number of hydrogen-bond acceptors (Lipinski definition) is 6. The number of hydrogen-bond donors (Lipinski definition) is 1. The third-order valence-corrected chi connectivity index (χ3v) is 2.50. The minimum absolute atomic E-state index is 0.648. The van der Waals surface area contributed by atoms with E-state index in [0.717, 1.165) is 18.2 Å². The van der Waals surface area contributed by atoms with Crippen LogP contribution in [0, 0.1) is 20.2 Å². The average Bonchev–Trinajstić information content (AvgIpc) is 2.14. The van der Waals surface area contributed by atoms with Gasteiger partial charge in [0.25, 0.3) is 21.5 Å². The van der Waals surface area contributed by atoms with Gasteiger partial charge in [0.1, 0.15) is 11.3 Å². The Balaban J connectivity index is 3.49. The van der Waals surface area contributed by atoms with E-state index in [0.29, 0.717) is 0 Å². The molecule has 0 saturated carbocycles. The summed E-state index contributed by atoms with van der Waals surface area (Å²) in [7, 11) is -4.60. The maximum atomic E-state index is 10.7. The van der Waals surface area contributed by atoms with Crippen molar-refractivity contribution in [3.63, 3.8) is 0 Å². The lowest BCUT2D eigenvalue weighted by atomic mass is 10.1. The molecule has 0 radical (unpaired) electrons. The van der Waals surface area contributed by atoms with Gasteiger partial charge in [0.2, 0.25) is 0 Å². The minimum atomic E-state index is -4.60. The summed E-state index contributed by atoms with van der Waals surface area (Å²) in [4.78, 5) is 19.3. The lowest BCUT2D eigenvalue weighted by Crippen LogP contribution is -2.07. The van der Waals surface area contributed by atoms with Crippen molar-refractivity contribution in [2.24, 2.45) is 0 Å². The number of nitro benzene ring substituents is 2. The van der Waals surface area contributed by atoms with Gasteiger partial charge in [0, 0.05) is 12.1 Å². The highest BCUT2D eigenvalue weighted by molar-refractivity contribution is 7.85. The first-order valence-electron chi connectivity index (χ1n) is 4.08. The van der Waals surface area contributed by atoms with Crippen molar-refractivity contribution in [2.75, 3.05) is 0 Å². The van der Waals surface area contributed by atoms with E-state index in [1.54, 1.807) is 0 Å². The van der Waals surface area contributed by atoms with Crippen molar-refractivity contribution in [1.29, 1.82) is 0 Å². The molecule has 0 unspecified atom stereocenters. The van der Waals surface area contributed by atoms with E-state index in [2.05, 4.69) is 0 Å². The summed E-state index contributed by atoms with van der Waals surface area (Å²) in [5, 5.41) is 21.2. The molecule has 10 heteroatoms. The fraction of sp³-hybridized carbons (Fsp3) is 0.143. The van der Waals surface area contributed by atoms with Crippen molar-refractivity contribution < 1.29 is 22.8 Å². The number of nitrogens with zero attached hydrogens (tertiary/aromatic N) is 2. The second kappa shape index (κ2) is 4.43. The highest BCUT2D eigenvalue weighted by atomic mass is 32.2. The molecule has 1 N–H and O–H groups in total. The molecule has 9 nitrogen and oxygen atoms in total. The van der Waals surface area contributed by atoms with Gasteiger partial charge >= 0.3 is 0 Å². The summed E-state index contributed by atoms with van der Waals surface area (Å²) < 4.78 is 29.9. The van der Waals surface area contributed by atoms with Gasteiger partial charge in [0.15, 0.2) is 0 Å². The van der Waals surface area contributed by atoms with Gasteiger partial charge in [-0.25, -0.2) is 0 Å². The molecule has 0 atom stereocenters. The molecule has 92 valence electrons. The smallest absolute Gasteiger partial charge is 0.280 e. The molecule has 0 spiro atoms. The van der Waals surface area contributed by atoms with Crippen LogP contribution in [0.15, 0.2) is 18.2 Å². The molecule has 0 saturated heterocycles. The Morgan fingerprint density at radius 3 is 1.82 bits per heavy atom. The SMILES string of the molecule is O=[N+]([O-])c1cccc([N+](=O)[O-])c1CS(=O)(=O)O. The molecule has 1 aromatic rings. The molecule has 0 aliphatic heterocycles. The topological polar surface area (TPSA) is 141 Å². The molecule has 0 heterocycles. The standard InChI is InChI=1S/C7H6N2O7S/c10-8(11)6-2-1-3-7(9(12)13)5(6)4-17(14,15)16/h1-3H,4H2,(H,14,15,16). The van der Waals surface area contributed by atoms with Gasteiger partial charge in [-0.05, 0) is 6.07 Å². The molecular weight excluding hydrogens is 256 g/mol. The first-order valence-corrected chi connectivity index (χ1v) is 5.69. The molecule has 0 fully saturated rings. The van der Waals surface area contributed by atoms with Gasteiger partial charge in [-0.1, -0.05) is 0 Å². The van der Waals surface area contributed by atoms with Crippen LogP contribution in [0.3, 0.4) is 0 Å². The van der Waals surface area contributed by atoms with Crippen molar-refractivity contribution >= 4 is 21.5 Å². The molecule has 0 aromatic heterocycles. The lowest BCUT2D eigenvalue weighted by molar-refractivity contribution is -0.395. The Labute approximate surface area is 94.7 Å². The summed E-state index contributed by atoms with van der Waals surface area (Å²) in [6.45, 7) is 0. The van der Waals surface area contributed by atoms with Gasteiger partial charge in [-0.15, -0.1) is 0 Å². The van der Waals surface area contributed by atoms with Crippen LogP contribution in [-0.4, -0.2) is 22.8 Å². The number of benzene rings is 1. The third kappa shape index (κ3) is 3.19. The maximum absolute atomic E-state index is 10.7. The second-order valence-electron chi connectivity index (χ2n) is 3.02. The molecule has 1 rings (SSSR count). The fourth-order valence-corrected chi connectivity index (χ4v) is 1.90. The van der Waals surface area contributed by atoms with Crippen molar-refractivity contribution in [3.05, 3.63) is 44.0 Å². The Morgan fingerprint density at radius 1 is 1.12 bits per heavy atom. The van der Waals surface area contributed by atoms with E-state index in [1.807, 2.05) is 0 Å². The fourth-order valence-electron chi connectivity index (χ4n) is 1.24. The first kappa shape index (κ1) is 13.0. The predicted octanol–water partition coefficient (Wildman–Crippen LogP) is 0.891. The zero-order valence-corrected chi connectivity index (χ0v) is 8.96. The summed E-state index contributed by atoms with van der Waals surface area (Å²) in [5.41, 5.74) is -2.10. The van der Waals surface area contributed by atoms with Crippen LogP contribution >= 0.6 is 0 Å². The van der Waals surface area contributed by atoms with E-state index in [1.165, 1.54) is 0 Å². The molecular formula is C7H6N2O7S. The van der Waals surface area contributed by atoms with E-state index >= 15 is 0 Å². The second-order valence-corrected chi connectivity index (χ2v) is 4.47. The normalized spacial score (nSPS) is 11.1. The van der Waals surface area contributed by atoms with Crippen LogP contribution in [0.1, 0.15) is 5.56 Å². The van der Waals surface area contributed by atoms with Crippen molar-refractivity contribution in [3.8, 4) is 0 Å². The van der Waals surface area contributed by atoms with Crippen LogP contribution in [0.25, 0.3) is 0 Å². The molecule has 0 aliphatic rings. The average molecular weight is 262 g/mol. The van der Waals surface area contributed by atoms with Crippen LogP contribution in [0.2, 0.25) is 0 Å². The van der Waals surface area contributed by atoms with E-state index in [4.69, 9.17) is 4.55 Å². The zero-order valence-electron chi connectivity index (χ0n) is 8.14. The Kier molecular flexibility index (Phi) is 3.39. The van der Waals surface area contributed by atoms with Crippen LogP contribution in [0.5, 0.6) is 0 Å². The van der Waals surface area contributed by atoms with Gasteiger partial charge in [0.05, 0.1) is 9.85 Å². The Bertz CT molecular complexity index is 548.